The molecule has 1 N–H and O–H groups in total. The zero-order valence-electron chi connectivity index (χ0n) is 9.89. The van der Waals surface area contributed by atoms with Crippen LogP contribution in [-0.2, 0) is 14.9 Å². The number of hydrogen-bond acceptors (Lipinski definition) is 4. The lowest BCUT2D eigenvalue weighted by atomic mass is 10.4. The predicted molar refractivity (Wildman–Crippen MR) is 71.6 cm³/mol. The lowest BCUT2D eigenvalue weighted by Crippen LogP contribution is -2.43. The first-order chi connectivity index (χ1) is 8.49. The van der Waals surface area contributed by atoms with Gasteiger partial charge in [-0.3, -0.25) is 4.72 Å². The number of hydrogen-bond donors (Lipinski definition) is 1. The second-order valence-corrected chi connectivity index (χ2v) is 6.41. The molecule has 2 rings (SSSR count). The van der Waals surface area contributed by atoms with Crippen molar-refractivity contribution < 1.29 is 13.2 Å². The van der Waals surface area contributed by atoms with Crippen molar-refractivity contribution in [3.8, 4) is 0 Å². The molecule has 100 valence electrons. The minimum absolute atomic E-state index is 0.321. The Labute approximate surface area is 115 Å². The molecule has 0 aliphatic carbocycles. The molecular formula is C10H14BrN3O3S. The zero-order chi connectivity index (χ0) is 13.2. The molecule has 0 saturated carbocycles. The molecule has 0 bridgehead atoms. The lowest BCUT2D eigenvalue weighted by molar-refractivity contribution is 0.0733. The van der Waals surface area contributed by atoms with E-state index in [2.05, 4.69) is 25.6 Å². The number of rotatable bonds is 3. The Morgan fingerprint density at radius 1 is 1.39 bits per heavy atom. The van der Waals surface area contributed by atoms with Crippen molar-refractivity contribution >= 4 is 32.0 Å². The number of pyridine rings is 1. The molecule has 0 amide bonds. The van der Waals surface area contributed by atoms with Crippen LogP contribution in [0, 0.1) is 6.92 Å². The Morgan fingerprint density at radius 3 is 2.67 bits per heavy atom. The van der Waals surface area contributed by atoms with E-state index in [4.69, 9.17) is 4.74 Å². The van der Waals surface area contributed by atoms with Crippen molar-refractivity contribution in [2.24, 2.45) is 0 Å². The van der Waals surface area contributed by atoms with Gasteiger partial charge in [-0.2, -0.15) is 12.7 Å². The van der Waals surface area contributed by atoms with Crippen LogP contribution in [0.5, 0.6) is 0 Å². The average molecular weight is 336 g/mol. The molecule has 0 unspecified atom stereocenters. The fraction of sp³-hybridized carbons (Fsp3) is 0.500. The average Bonchev–Trinajstić information content (AvgIpc) is 2.35. The molecule has 8 heteroatoms. The quantitative estimate of drug-likeness (QED) is 0.899. The van der Waals surface area contributed by atoms with Crippen LogP contribution in [0.2, 0.25) is 0 Å². The van der Waals surface area contributed by atoms with Crippen molar-refractivity contribution in [2.75, 3.05) is 31.0 Å². The normalized spacial score (nSPS) is 17.7. The van der Waals surface area contributed by atoms with Gasteiger partial charge in [-0.15, -0.1) is 0 Å². The van der Waals surface area contributed by atoms with Gasteiger partial charge >= 0.3 is 10.2 Å². The van der Waals surface area contributed by atoms with Crippen LogP contribution in [0.15, 0.2) is 16.6 Å². The maximum Gasteiger partial charge on any atom is 0.302 e. The molecule has 1 aromatic heterocycles. The number of aryl methyl sites for hydroxylation is 1. The Morgan fingerprint density at radius 2 is 2.06 bits per heavy atom. The number of morpholine rings is 1. The Balaban J connectivity index is 2.13. The van der Waals surface area contributed by atoms with Crippen LogP contribution in [0.25, 0.3) is 0 Å². The third kappa shape index (κ3) is 3.19. The minimum atomic E-state index is -3.54. The van der Waals surface area contributed by atoms with Gasteiger partial charge in [-0.05, 0) is 35.0 Å². The highest BCUT2D eigenvalue weighted by Gasteiger charge is 2.24. The van der Waals surface area contributed by atoms with Gasteiger partial charge in [-0.25, -0.2) is 4.98 Å². The summed E-state index contributed by atoms with van der Waals surface area (Å²) >= 11 is 3.32. The van der Waals surface area contributed by atoms with Gasteiger partial charge < -0.3 is 4.74 Å². The monoisotopic (exact) mass is 335 g/mol. The van der Waals surface area contributed by atoms with Gasteiger partial charge in [-0.1, -0.05) is 0 Å². The van der Waals surface area contributed by atoms with Crippen LogP contribution >= 0.6 is 15.9 Å². The Bertz CT molecular complexity index is 529. The van der Waals surface area contributed by atoms with Crippen molar-refractivity contribution in [1.82, 2.24) is 9.29 Å². The summed E-state index contributed by atoms with van der Waals surface area (Å²) in [6.07, 6.45) is 0. The first-order valence-electron chi connectivity index (χ1n) is 5.48. The molecule has 18 heavy (non-hydrogen) atoms. The molecule has 1 aliphatic rings. The number of nitrogens with zero attached hydrogens (tertiary/aromatic N) is 2. The fourth-order valence-electron chi connectivity index (χ4n) is 1.58. The van der Waals surface area contributed by atoms with E-state index in [0.29, 0.717) is 32.1 Å². The van der Waals surface area contributed by atoms with E-state index in [1.165, 1.54) is 4.31 Å². The number of ether oxygens (including phenoxy) is 1. The topological polar surface area (TPSA) is 71.5 Å². The molecule has 0 atom stereocenters. The van der Waals surface area contributed by atoms with E-state index < -0.39 is 10.2 Å². The standard InChI is InChI=1S/C10H14BrN3O3S/c1-8-9(11)2-3-10(12-8)13-18(15,16)14-4-6-17-7-5-14/h2-3H,4-7H2,1H3,(H,12,13). The van der Waals surface area contributed by atoms with Crippen LogP contribution in [0.3, 0.4) is 0 Å². The number of aromatic nitrogens is 1. The smallest absolute Gasteiger partial charge is 0.302 e. The van der Waals surface area contributed by atoms with Crippen molar-refractivity contribution in [3.05, 3.63) is 22.3 Å². The summed E-state index contributed by atoms with van der Waals surface area (Å²) in [5, 5.41) is 0. The van der Waals surface area contributed by atoms with E-state index in [-0.39, 0.29) is 0 Å². The summed E-state index contributed by atoms with van der Waals surface area (Å²) in [5.41, 5.74) is 0.733. The zero-order valence-corrected chi connectivity index (χ0v) is 12.3. The molecule has 0 spiro atoms. The predicted octanol–water partition coefficient (Wildman–Crippen LogP) is 1.14. The van der Waals surface area contributed by atoms with Crippen molar-refractivity contribution in [2.45, 2.75) is 6.92 Å². The molecular weight excluding hydrogens is 322 g/mol. The van der Waals surface area contributed by atoms with E-state index in [1.54, 1.807) is 19.1 Å². The van der Waals surface area contributed by atoms with Crippen LogP contribution in [-0.4, -0.2) is 44.0 Å². The maximum atomic E-state index is 12.1. The highest BCUT2D eigenvalue weighted by molar-refractivity contribution is 9.10. The van der Waals surface area contributed by atoms with Gasteiger partial charge in [0.1, 0.15) is 5.82 Å². The number of halogens is 1. The maximum absolute atomic E-state index is 12.1. The molecule has 1 saturated heterocycles. The molecule has 0 radical (unpaired) electrons. The van der Waals surface area contributed by atoms with Crippen LogP contribution in [0.1, 0.15) is 5.69 Å². The van der Waals surface area contributed by atoms with Crippen molar-refractivity contribution in [3.63, 3.8) is 0 Å². The van der Waals surface area contributed by atoms with Gasteiger partial charge in [0, 0.05) is 17.6 Å². The summed E-state index contributed by atoms with van der Waals surface area (Å²) in [6.45, 7) is 3.38. The fourth-order valence-corrected chi connectivity index (χ4v) is 2.94. The third-order valence-electron chi connectivity index (χ3n) is 2.56. The van der Waals surface area contributed by atoms with Crippen LogP contribution < -0.4 is 4.72 Å². The van der Waals surface area contributed by atoms with E-state index >= 15 is 0 Å². The second kappa shape index (κ2) is 5.52. The molecule has 1 aliphatic heterocycles. The van der Waals surface area contributed by atoms with Gasteiger partial charge in [0.05, 0.1) is 18.9 Å². The molecule has 1 fully saturated rings. The van der Waals surface area contributed by atoms with Crippen LogP contribution in [0.4, 0.5) is 5.82 Å². The van der Waals surface area contributed by atoms with E-state index in [1.807, 2.05) is 0 Å². The SMILES string of the molecule is Cc1nc(NS(=O)(=O)N2CCOCC2)ccc1Br. The molecule has 2 heterocycles. The first-order valence-corrected chi connectivity index (χ1v) is 7.71. The third-order valence-corrected chi connectivity index (χ3v) is 4.92. The Hall–Kier alpha value is -0.700. The second-order valence-electron chi connectivity index (χ2n) is 3.88. The van der Waals surface area contributed by atoms with Gasteiger partial charge in [0.25, 0.3) is 0 Å². The van der Waals surface area contributed by atoms with Gasteiger partial charge in [0.15, 0.2) is 0 Å². The highest BCUT2D eigenvalue weighted by Crippen LogP contribution is 2.17. The highest BCUT2D eigenvalue weighted by atomic mass is 79.9. The number of nitrogens with one attached hydrogen (secondary N) is 1. The summed E-state index contributed by atoms with van der Waals surface area (Å²) < 4.78 is 33.9. The van der Waals surface area contributed by atoms with E-state index in [9.17, 15) is 8.42 Å². The minimum Gasteiger partial charge on any atom is -0.379 e. The summed E-state index contributed by atoms with van der Waals surface area (Å²) in [4.78, 5) is 4.16. The number of anilines is 1. The Kier molecular flexibility index (Phi) is 4.21. The largest absolute Gasteiger partial charge is 0.379 e. The van der Waals surface area contributed by atoms with Gasteiger partial charge in [0.2, 0.25) is 0 Å². The van der Waals surface area contributed by atoms with E-state index in [0.717, 1.165) is 10.2 Å². The molecule has 6 nitrogen and oxygen atoms in total. The summed E-state index contributed by atoms with van der Waals surface area (Å²) in [6, 6.07) is 3.38. The molecule has 1 aromatic rings. The summed E-state index contributed by atoms with van der Waals surface area (Å²) in [5.74, 6) is 0.321. The molecule has 0 aromatic carbocycles. The first kappa shape index (κ1) is 13.7. The van der Waals surface area contributed by atoms with Crippen molar-refractivity contribution in [1.29, 1.82) is 0 Å². The lowest BCUT2D eigenvalue weighted by Gasteiger charge is -2.26. The summed E-state index contributed by atoms with van der Waals surface area (Å²) in [7, 11) is -3.54.